The van der Waals surface area contributed by atoms with E-state index in [1.165, 1.54) is 30.3 Å². The number of phenols is 3. The predicted molar refractivity (Wildman–Crippen MR) is 75.7 cm³/mol. The maximum atomic E-state index is 12.3. The fourth-order valence-electron chi connectivity index (χ4n) is 2.15. The summed E-state index contributed by atoms with van der Waals surface area (Å²) in [6.07, 6.45) is 1.59. The summed E-state index contributed by atoms with van der Waals surface area (Å²) in [4.78, 5) is 12.3. The summed E-state index contributed by atoms with van der Waals surface area (Å²) in [5.41, 5.74) is 1.39. The Labute approximate surface area is 120 Å². The number of Topliss-reactive ketones (excluding diaryl/α,β-unsaturated/α-hetero) is 1. The van der Waals surface area contributed by atoms with Gasteiger partial charge in [0.15, 0.2) is 17.3 Å². The van der Waals surface area contributed by atoms with E-state index in [1.807, 2.05) is 0 Å². The summed E-state index contributed by atoms with van der Waals surface area (Å²) in [5, 5.41) is 28.1. The summed E-state index contributed by atoms with van der Waals surface area (Å²) in [5.74, 6) is -0.269. The fourth-order valence-corrected chi connectivity index (χ4v) is 2.15. The quantitative estimate of drug-likeness (QED) is 0.553. The molecule has 1 aliphatic rings. The first-order valence-electron chi connectivity index (χ1n) is 6.27. The molecule has 3 rings (SSSR count). The number of ketones is 1. The minimum absolute atomic E-state index is 0.0393. The van der Waals surface area contributed by atoms with Crippen LogP contribution < -0.4 is 4.74 Å². The summed E-state index contributed by atoms with van der Waals surface area (Å²) in [6, 6.07) is 8.63. The van der Waals surface area contributed by atoms with Gasteiger partial charge in [0.05, 0.1) is 5.56 Å². The zero-order valence-electron chi connectivity index (χ0n) is 10.9. The highest BCUT2D eigenvalue weighted by molar-refractivity contribution is 6.14. The Morgan fingerprint density at radius 2 is 1.81 bits per heavy atom. The van der Waals surface area contributed by atoms with Crippen LogP contribution in [-0.4, -0.2) is 27.7 Å². The number of carbonyl (C=O) groups is 1. The molecule has 106 valence electrons. The minimum Gasteiger partial charge on any atom is -0.508 e. The van der Waals surface area contributed by atoms with Crippen LogP contribution in [0.25, 0.3) is 6.08 Å². The van der Waals surface area contributed by atoms with Gasteiger partial charge in [-0.3, -0.25) is 4.79 Å². The molecule has 5 nitrogen and oxygen atoms in total. The zero-order valence-corrected chi connectivity index (χ0v) is 10.9. The smallest absolute Gasteiger partial charge is 0.196 e. The number of aromatic hydroxyl groups is 3. The highest BCUT2D eigenvalue weighted by atomic mass is 16.5. The molecule has 21 heavy (non-hydrogen) atoms. The topological polar surface area (TPSA) is 87.0 Å². The third kappa shape index (κ3) is 2.41. The first-order valence-corrected chi connectivity index (χ1v) is 6.27. The molecule has 0 spiro atoms. The SMILES string of the molecule is O=C1/C(=C\c2ccc(O)c(O)c2)COc2cc(O)ccc21. The molecule has 0 aromatic heterocycles. The van der Waals surface area contributed by atoms with Crippen molar-refractivity contribution < 1.29 is 24.9 Å². The van der Waals surface area contributed by atoms with E-state index < -0.39 is 0 Å². The second-order valence-corrected chi connectivity index (χ2v) is 4.72. The average Bonchev–Trinajstić information content (AvgIpc) is 2.46. The summed E-state index contributed by atoms with van der Waals surface area (Å²) in [7, 11) is 0. The van der Waals surface area contributed by atoms with Crippen LogP contribution in [-0.2, 0) is 0 Å². The monoisotopic (exact) mass is 284 g/mol. The Bertz CT molecular complexity index is 761. The Morgan fingerprint density at radius 1 is 1.00 bits per heavy atom. The van der Waals surface area contributed by atoms with E-state index in [0.29, 0.717) is 22.4 Å². The molecule has 5 heteroatoms. The van der Waals surface area contributed by atoms with Gasteiger partial charge in [-0.2, -0.15) is 0 Å². The minimum atomic E-state index is -0.251. The lowest BCUT2D eigenvalue weighted by Crippen LogP contribution is -2.18. The van der Waals surface area contributed by atoms with Crippen molar-refractivity contribution in [1.29, 1.82) is 0 Å². The Balaban J connectivity index is 1.97. The van der Waals surface area contributed by atoms with E-state index in [2.05, 4.69) is 0 Å². The van der Waals surface area contributed by atoms with E-state index >= 15 is 0 Å². The van der Waals surface area contributed by atoms with Crippen LogP contribution in [0.4, 0.5) is 0 Å². The van der Waals surface area contributed by atoms with Crippen molar-refractivity contribution in [2.24, 2.45) is 0 Å². The maximum absolute atomic E-state index is 12.3. The number of phenolic OH excluding ortho intramolecular Hbond substituents is 3. The number of hydrogen-bond acceptors (Lipinski definition) is 5. The molecule has 0 bridgehead atoms. The van der Waals surface area contributed by atoms with Gasteiger partial charge in [0, 0.05) is 11.6 Å². The number of ether oxygens (including phenoxy) is 1. The van der Waals surface area contributed by atoms with Gasteiger partial charge in [0.25, 0.3) is 0 Å². The zero-order chi connectivity index (χ0) is 15.0. The highest BCUT2D eigenvalue weighted by Crippen LogP contribution is 2.32. The number of fused-ring (bicyclic) bond motifs is 1. The standard InChI is InChI=1S/C16H12O5/c17-11-2-3-12-15(7-11)21-8-10(16(12)20)5-9-1-4-13(18)14(19)6-9/h1-7,17-19H,8H2/b10-5-. The molecule has 0 fully saturated rings. The first kappa shape index (κ1) is 13.1. The van der Waals surface area contributed by atoms with Crippen LogP contribution in [0, 0.1) is 0 Å². The van der Waals surface area contributed by atoms with Gasteiger partial charge in [-0.15, -0.1) is 0 Å². The number of rotatable bonds is 1. The molecule has 2 aromatic rings. The third-order valence-electron chi connectivity index (χ3n) is 3.23. The molecule has 0 saturated heterocycles. The number of benzene rings is 2. The molecular weight excluding hydrogens is 272 g/mol. The van der Waals surface area contributed by atoms with Crippen LogP contribution in [0.3, 0.4) is 0 Å². The molecule has 0 radical (unpaired) electrons. The largest absolute Gasteiger partial charge is 0.508 e. The lowest BCUT2D eigenvalue weighted by Gasteiger charge is -2.18. The predicted octanol–water partition coefficient (Wildman–Crippen LogP) is 2.46. The summed E-state index contributed by atoms with van der Waals surface area (Å²) in [6.45, 7) is 0.0803. The second-order valence-electron chi connectivity index (χ2n) is 4.72. The lowest BCUT2D eigenvalue weighted by atomic mass is 9.98. The van der Waals surface area contributed by atoms with Crippen molar-refractivity contribution in [3.05, 3.63) is 53.1 Å². The molecule has 1 heterocycles. The van der Waals surface area contributed by atoms with Gasteiger partial charge in [-0.1, -0.05) is 6.07 Å². The van der Waals surface area contributed by atoms with Crippen LogP contribution in [0.1, 0.15) is 15.9 Å². The molecule has 3 N–H and O–H groups in total. The van der Waals surface area contributed by atoms with Gasteiger partial charge < -0.3 is 20.1 Å². The van der Waals surface area contributed by atoms with Gasteiger partial charge in [0.1, 0.15) is 18.1 Å². The lowest BCUT2D eigenvalue weighted by molar-refractivity contribution is 0.100. The Kier molecular flexibility index (Phi) is 3.02. The number of carbonyl (C=O) groups excluding carboxylic acids is 1. The van der Waals surface area contributed by atoms with Gasteiger partial charge >= 0.3 is 0 Å². The van der Waals surface area contributed by atoms with Crippen molar-refractivity contribution in [3.8, 4) is 23.0 Å². The summed E-state index contributed by atoms with van der Waals surface area (Å²) >= 11 is 0. The van der Waals surface area contributed by atoms with Crippen LogP contribution in [0.15, 0.2) is 42.0 Å². The molecule has 0 saturated carbocycles. The van der Waals surface area contributed by atoms with E-state index in [9.17, 15) is 20.1 Å². The molecule has 1 aliphatic heterocycles. The fraction of sp³-hybridized carbons (Fsp3) is 0.0625. The second kappa shape index (κ2) is 4.86. The van der Waals surface area contributed by atoms with E-state index in [1.54, 1.807) is 12.1 Å². The Hall–Kier alpha value is -2.95. The molecule has 0 aliphatic carbocycles. The molecule has 2 aromatic carbocycles. The van der Waals surface area contributed by atoms with Crippen molar-refractivity contribution in [2.75, 3.05) is 6.61 Å². The average molecular weight is 284 g/mol. The van der Waals surface area contributed by atoms with Crippen molar-refractivity contribution in [2.45, 2.75) is 0 Å². The van der Waals surface area contributed by atoms with Gasteiger partial charge in [-0.05, 0) is 35.9 Å². The van der Waals surface area contributed by atoms with Gasteiger partial charge in [0.2, 0.25) is 0 Å². The van der Waals surface area contributed by atoms with Crippen LogP contribution in [0.2, 0.25) is 0 Å². The maximum Gasteiger partial charge on any atom is 0.196 e. The van der Waals surface area contributed by atoms with Crippen LogP contribution >= 0.6 is 0 Å². The van der Waals surface area contributed by atoms with Crippen molar-refractivity contribution in [3.63, 3.8) is 0 Å². The molecule has 0 unspecified atom stereocenters. The molecular formula is C16H12O5. The highest BCUT2D eigenvalue weighted by Gasteiger charge is 2.23. The molecule has 0 atom stereocenters. The third-order valence-corrected chi connectivity index (χ3v) is 3.23. The molecule has 0 amide bonds. The number of hydrogen-bond donors (Lipinski definition) is 3. The van der Waals surface area contributed by atoms with E-state index in [0.717, 1.165) is 0 Å². The normalized spacial score (nSPS) is 15.6. The Morgan fingerprint density at radius 3 is 2.57 bits per heavy atom. The summed E-state index contributed by atoms with van der Waals surface area (Å²) < 4.78 is 5.45. The van der Waals surface area contributed by atoms with Gasteiger partial charge in [-0.25, -0.2) is 0 Å². The van der Waals surface area contributed by atoms with E-state index in [4.69, 9.17) is 4.74 Å². The van der Waals surface area contributed by atoms with Crippen molar-refractivity contribution >= 4 is 11.9 Å². The van der Waals surface area contributed by atoms with Crippen LogP contribution in [0.5, 0.6) is 23.0 Å². The van der Waals surface area contributed by atoms with E-state index in [-0.39, 0.29) is 29.6 Å². The first-order chi connectivity index (χ1) is 10.0. The van der Waals surface area contributed by atoms with Crippen molar-refractivity contribution in [1.82, 2.24) is 0 Å².